The molecule has 1 amide bonds. The molecule has 7 nitrogen and oxygen atoms in total. The van der Waals surface area contributed by atoms with Gasteiger partial charge in [0.15, 0.2) is 11.5 Å². The van der Waals surface area contributed by atoms with E-state index in [9.17, 15) is 4.79 Å². The average molecular weight is 429 g/mol. The van der Waals surface area contributed by atoms with Crippen molar-refractivity contribution < 1.29 is 19.5 Å². The molecule has 0 fully saturated rings. The third-order valence-corrected chi connectivity index (χ3v) is 5.10. The number of aromatic nitrogens is 2. The molecule has 0 radical (unpaired) electrons. The second-order valence-electron chi connectivity index (χ2n) is 7.19. The summed E-state index contributed by atoms with van der Waals surface area (Å²) in [6.45, 7) is 0.452. The maximum Gasteiger partial charge on any atom is 0.267 e. The van der Waals surface area contributed by atoms with Crippen LogP contribution in [0.2, 0.25) is 0 Å². The SMILES string of the molecule is COc1cc(-c2nc3cc(C=CC(=O)NO)ccc3n2C)ccc1OCc1ccccc1. The van der Waals surface area contributed by atoms with E-state index in [2.05, 4.69) is 0 Å². The summed E-state index contributed by atoms with van der Waals surface area (Å²) in [5.41, 5.74) is 6.08. The Kier molecular flexibility index (Phi) is 6.19. The summed E-state index contributed by atoms with van der Waals surface area (Å²) in [6.07, 6.45) is 2.87. The summed E-state index contributed by atoms with van der Waals surface area (Å²) < 4.78 is 13.5. The monoisotopic (exact) mass is 429 g/mol. The summed E-state index contributed by atoms with van der Waals surface area (Å²) in [6, 6.07) is 21.4. The van der Waals surface area contributed by atoms with Crippen LogP contribution < -0.4 is 15.0 Å². The van der Waals surface area contributed by atoms with Crippen molar-refractivity contribution in [1.82, 2.24) is 15.0 Å². The number of benzene rings is 3. The Morgan fingerprint density at radius 1 is 1.09 bits per heavy atom. The smallest absolute Gasteiger partial charge is 0.267 e. The van der Waals surface area contributed by atoms with Gasteiger partial charge in [0.2, 0.25) is 0 Å². The van der Waals surface area contributed by atoms with Crippen molar-refractivity contribution in [2.45, 2.75) is 6.61 Å². The van der Waals surface area contributed by atoms with Crippen LogP contribution in [0, 0.1) is 0 Å². The molecule has 32 heavy (non-hydrogen) atoms. The molecular formula is C25H23N3O4. The van der Waals surface area contributed by atoms with Gasteiger partial charge < -0.3 is 14.0 Å². The number of carbonyl (C=O) groups excluding carboxylic acids is 1. The van der Waals surface area contributed by atoms with Gasteiger partial charge in [-0.05, 0) is 47.5 Å². The van der Waals surface area contributed by atoms with E-state index in [0.29, 0.717) is 18.1 Å². The molecule has 1 aromatic heterocycles. The molecule has 0 bridgehead atoms. The van der Waals surface area contributed by atoms with Gasteiger partial charge in [0, 0.05) is 18.7 Å². The molecule has 0 aliphatic carbocycles. The molecule has 0 spiro atoms. The molecule has 0 saturated heterocycles. The number of imidazole rings is 1. The number of hydrogen-bond acceptors (Lipinski definition) is 5. The van der Waals surface area contributed by atoms with Gasteiger partial charge in [-0.15, -0.1) is 0 Å². The van der Waals surface area contributed by atoms with Crippen molar-refractivity contribution in [3.8, 4) is 22.9 Å². The van der Waals surface area contributed by atoms with Crippen LogP contribution in [0.25, 0.3) is 28.5 Å². The van der Waals surface area contributed by atoms with Crippen molar-refractivity contribution >= 4 is 23.0 Å². The highest BCUT2D eigenvalue weighted by atomic mass is 16.5. The molecule has 0 saturated carbocycles. The number of nitrogens with one attached hydrogen (secondary N) is 1. The second-order valence-corrected chi connectivity index (χ2v) is 7.19. The summed E-state index contributed by atoms with van der Waals surface area (Å²) in [5, 5.41) is 8.62. The molecule has 4 aromatic rings. The summed E-state index contributed by atoms with van der Waals surface area (Å²) in [7, 11) is 3.57. The largest absolute Gasteiger partial charge is 0.493 e. The molecule has 162 valence electrons. The van der Waals surface area contributed by atoms with E-state index in [0.717, 1.165) is 33.5 Å². The minimum Gasteiger partial charge on any atom is -0.493 e. The molecule has 0 aliphatic rings. The van der Waals surface area contributed by atoms with E-state index in [1.807, 2.05) is 78.3 Å². The number of hydroxylamine groups is 1. The van der Waals surface area contributed by atoms with Crippen LogP contribution in [0.1, 0.15) is 11.1 Å². The molecule has 3 aromatic carbocycles. The van der Waals surface area contributed by atoms with E-state index in [1.165, 1.54) is 6.08 Å². The molecule has 1 heterocycles. The minimum absolute atomic E-state index is 0.452. The maximum absolute atomic E-state index is 11.2. The first kappa shape index (κ1) is 21.1. The third-order valence-electron chi connectivity index (χ3n) is 5.10. The fourth-order valence-corrected chi connectivity index (χ4v) is 3.45. The average Bonchev–Trinajstić information content (AvgIpc) is 3.17. The predicted octanol–water partition coefficient (Wildman–Crippen LogP) is 4.35. The Balaban J connectivity index is 1.62. The van der Waals surface area contributed by atoms with Crippen molar-refractivity contribution in [2.75, 3.05) is 7.11 Å². The van der Waals surface area contributed by atoms with Crippen molar-refractivity contribution in [3.63, 3.8) is 0 Å². The molecule has 0 aliphatic heterocycles. The minimum atomic E-state index is -0.589. The number of hydrogen-bond donors (Lipinski definition) is 2. The number of fused-ring (bicyclic) bond motifs is 1. The fraction of sp³-hybridized carbons (Fsp3) is 0.120. The number of rotatable bonds is 7. The van der Waals surface area contributed by atoms with Gasteiger partial charge in [-0.3, -0.25) is 10.0 Å². The maximum atomic E-state index is 11.2. The summed E-state index contributed by atoms with van der Waals surface area (Å²) >= 11 is 0. The van der Waals surface area contributed by atoms with E-state index in [-0.39, 0.29) is 0 Å². The Morgan fingerprint density at radius 3 is 2.66 bits per heavy atom. The molecule has 0 atom stereocenters. The van der Waals surface area contributed by atoms with Crippen LogP contribution in [0.4, 0.5) is 0 Å². The van der Waals surface area contributed by atoms with Crippen molar-refractivity contribution in [3.05, 3.63) is 83.9 Å². The Morgan fingerprint density at radius 2 is 1.91 bits per heavy atom. The van der Waals surface area contributed by atoms with E-state index in [1.54, 1.807) is 18.7 Å². The topological polar surface area (TPSA) is 85.6 Å². The van der Waals surface area contributed by atoms with E-state index < -0.39 is 5.91 Å². The highest BCUT2D eigenvalue weighted by molar-refractivity contribution is 5.91. The van der Waals surface area contributed by atoms with Gasteiger partial charge in [-0.1, -0.05) is 36.4 Å². The number of ether oxygens (including phenoxy) is 2. The van der Waals surface area contributed by atoms with Gasteiger partial charge in [0.25, 0.3) is 5.91 Å². The number of aryl methyl sites for hydroxylation is 1. The van der Waals surface area contributed by atoms with E-state index in [4.69, 9.17) is 19.7 Å². The first-order valence-electron chi connectivity index (χ1n) is 10.0. The first-order chi connectivity index (χ1) is 15.6. The Bertz CT molecular complexity index is 1280. The van der Waals surface area contributed by atoms with Crippen LogP contribution in [0.5, 0.6) is 11.5 Å². The van der Waals surface area contributed by atoms with Gasteiger partial charge >= 0.3 is 0 Å². The lowest BCUT2D eigenvalue weighted by molar-refractivity contribution is -0.124. The molecule has 0 unspecified atom stereocenters. The Hall–Kier alpha value is -4.10. The number of carbonyl (C=O) groups is 1. The zero-order valence-corrected chi connectivity index (χ0v) is 17.8. The van der Waals surface area contributed by atoms with Gasteiger partial charge in [-0.2, -0.15) is 0 Å². The predicted molar refractivity (Wildman–Crippen MR) is 122 cm³/mol. The molecule has 4 rings (SSSR count). The molecule has 2 N–H and O–H groups in total. The van der Waals surface area contributed by atoms with Crippen molar-refractivity contribution in [1.29, 1.82) is 0 Å². The zero-order valence-electron chi connectivity index (χ0n) is 17.8. The van der Waals surface area contributed by atoms with Gasteiger partial charge in [-0.25, -0.2) is 10.5 Å². The Labute approximate surface area is 185 Å². The number of methoxy groups -OCH3 is 1. The standard InChI is InChI=1S/C25H23N3O4/c1-28-21-11-8-17(9-13-24(29)27-30)14-20(21)26-25(28)19-10-12-22(23(15-19)31-2)32-16-18-6-4-3-5-7-18/h3-15,30H,16H2,1-2H3,(H,27,29). The van der Waals surface area contributed by atoms with Gasteiger partial charge in [0.1, 0.15) is 12.4 Å². The summed E-state index contributed by atoms with van der Waals surface area (Å²) in [4.78, 5) is 16.0. The second kappa shape index (κ2) is 9.36. The van der Waals surface area contributed by atoms with Crippen LogP contribution in [0.15, 0.2) is 72.8 Å². The quantitative estimate of drug-likeness (QED) is 0.259. The van der Waals surface area contributed by atoms with Gasteiger partial charge in [0.05, 0.1) is 18.1 Å². The number of nitrogens with zero attached hydrogens (tertiary/aromatic N) is 2. The first-order valence-corrected chi connectivity index (χ1v) is 10.0. The fourth-order valence-electron chi connectivity index (χ4n) is 3.45. The van der Waals surface area contributed by atoms with E-state index >= 15 is 0 Å². The lowest BCUT2D eigenvalue weighted by Gasteiger charge is -2.12. The summed E-state index contributed by atoms with van der Waals surface area (Å²) in [5.74, 6) is 1.48. The third kappa shape index (κ3) is 4.48. The van der Waals surface area contributed by atoms with Crippen LogP contribution in [0.3, 0.4) is 0 Å². The van der Waals surface area contributed by atoms with Crippen LogP contribution in [-0.4, -0.2) is 27.8 Å². The van der Waals surface area contributed by atoms with Crippen molar-refractivity contribution in [2.24, 2.45) is 7.05 Å². The van der Waals surface area contributed by atoms with Crippen LogP contribution in [-0.2, 0) is 18.4 Å². The lowest BCUT2D eigenvalue weighted by Crippen LogP contribution is -2.14. The zero-order chi connectivity index (χ0) is 22.5. The lowest BCUT2D eigenvalue weighted by atomic mass is 10.2. The molecular weight excluding hydrogens is 406 g/mol. The highest BCUT2D eigenvalue weighted by Gasteiger charge is 2.14. The van der Waals surface area contributed by atoms with Crippen LogP contribution >= 0.6 is 0 Å². The number of amides is 1. The highest BCUT2D eigenvalue weighted by Crippen LogP contribution is 2.34. The molecule has 7 heteroatoms. The normalized spacial score (nSPS) is 11.1.